The lowest BCUT2D eigenvalue weighted by Crippen LogP contribution is -2.11. The van der Waals surface area contributed by atoms with Crippen molar-refractivity contribution in [2.75, 3.05) is 0 Å². The molecule has 3 heteroatoms. The fourth-order valence-electron chi connectivity index (χ4n) is 1.66. The molecule has 0 radical (unpaired) electrons. The number of aliphatic hydroxyl groups excluding tert-OH is 1. The molecule has 0 saturated heterocycles. The van der Waals surface area contributed by atoms with Crippen LogP contribution in [0.25, 0.3) is 0 Å². The van der Waals surface area contributed by atoms with E-state index in [9.17, 15) is 9.90 Å². The van der Waals surface area contributed by atoms with Crippen molar-refractivity contribution in [3.05, 3.63) is 24.8 Å². The van der Waals surface area contributed by atoms with Crippen LogP contribution in [0.4, 0.5) is 0 Å². The molecule has 3 nitrogen and oxygen atoms in total. The molecule has 0 saturated carbocycles. The van der Waals surface area contributed by atoms with E-state index in [1.165, 1.54) is 38.7 Å². The van der Waals surface area contributed by atoms with E-state index in [-0.39, 0.29) is 5.97 Å². The minimum atomic E-state index is -0.889. The second-order valence-corrected chi connectivity index (χ2v) is 4.88. The third kappa shape index (κ3) is 13.0. The van der Waals surface area contributed by atoms with E-state index in [1.807, 2.05) is 6.08 Å². The van der Waals surface area contributed by atoms with Crippen LogP contribution >= 0.6 is 0 Å². The van der Waals surface area contributed by atoms with Crippen molar-refractivity contribution >= 4 is 5.97 Å². The summed E-state index contributed by atoms with van der Waals surface area (Å²) in [7, 11) is 0. The summed E-state index contributed by atoms with van der Waals surface area (Å²) in [4.78, 5) is 11.0. The number of unbranched alkanes of at least 4 members (excludes halogenated alkanes) is 5. The molecule has 0 spiro atoms. The zero-order valence-electron chi connectivity index (χ0n) is 13.6. The molecule has 0 aromatic carbocycles. The maximum absolute atomic E-state index is 11.0. The van der Waals surface area contributed by atoms with Gasteiger partial charge in [0.1, 0.15) is 6.10 Å². The van der Waals surface area contributed by atoms with Crippen molar-refractivity contribution in [3.63, 3.8) is 0 Å². The number of rotatable bonds is 9. The van der Waals surface area contributed by atoms with Gasteiger partial charge >= 0.3 is 5.97 Å². The van der Waals surface area contributed by atoms with Crippen molar-refractivity contribution in [1.29, 1.82) is 0 Å². The van der Waals surface area contributed by atoms with Crippen molar-refractivity contribution in [2.45, 2.75) is 64.6 Å². The molecule has 0 fully saturated rings. The van der Waals surface area contributed by atoms with Crippen LogP contribution in [0, 0.1) is 23.7 Å². The largest absolute Gasteiger partial charge is 0.445 e. The number of hydrogen-bond acceptors (Lipinski definition) is 3. The Morgan fingerprint density at radius 2 is 1.91 bits per heavy atom. The summed E-state index contributed by atoms with van der Waals surface area (Å²) in [5.41, 5.74) is 0. The van der Waals surface area contributed by atoms with Crippen LogP contribution in [0.1, 0.15) is 52.4 Å². The van der Waals surface area contributed by atoms with Gasteiger partial charge in [0.15, 0.2) is 6.10 Å². The minimum absolute atomic E-state index is 0.383. The molecule has 0 aliphatic heterocycles. The van der Waals surface area contributed by atoms with Crippen molar-refractivity contribution in [3.8, 4) is 23.7 Å². The number of hydrogen-bond donors (Lipinski definition) is 1. The van der Waals surface area contributed by atoms with Crippen molar-refractivity contribution in [1.82, 2.24) is 0 Å². The molecule has 0 aromatic heterocycles. The molecule has 0 aliphatic carbocycles. The number of ether oxygens (including phenoxy) is 1. The Kier molecular flexibility index (Phi) is 12.7. The zero-order valence-corrected chi connectivity index (χ0v) is 13.6. The Labute approximate surface area is 134 Å². The first kappa shape index (κ1) is 20.0. The van der Waals surface area contributed by atoms with Gasteiger partial charge in [0.05, 0.1) is 0 Å². The van der Waals surface area contributed by atoms with Gasteiger partial charge in [0.2, 0.25) is 0 Å². The highest BCUT2D eigenvalue weighted by molar-refractivity contribution is 5.66. The Morgan fingerprint density at radius 1 is 1.23 bits per heavy atom. The smallest absolute Gasteiger partial charge is 0.304 e. The first-order valence-corrected chi connectivity index (χ1v) is 7.75. The van der Waals surface area contributed by atoms with Gasteiger partial charge in [-0.05, 0) is 36.7 Å². The van der Waals surface area contributed by atoms with E-state index in [4.69, 9.17) is 4.74 Å². The van der Waals surface area contributed by atoms with Gasteiger partial charge in [0, 0.05) is 6.92 Å². The fourth-order valence-corrected chi connectivity index (χ4v) is 1.66. The summed E-state index contributed by atoms with van der Waals surface area (Å²) in [6, 6.07) is 0. The maximum atomic E-state index is 11.0. The number of esters is 1. The normalized spacial score (nSPS) is 12.5. The molecule has 0 rings (SSSR count). The van der Waals surface area contributed by atoms with E-state index < -0.39 is 12.2 Å². The summed E-state index contributed by atoms with van der Waals surface area (Å²) in [6.45, 7) is 6.95. The second kappa shape index (κ2) is 14.0. The third-order valence-electron chi connectivity index (χ3n) is 2.80. The molecule has 22 heavy (non-hydrogen) atoms. The van der Waals surface area contributed by atoms with Crippen molar-refractivity contribution < 1.29 is 14.6 Å². The lowest BCUT2D eigenvalue weighted by Gasteiger charge is -2.05. The minimum Gasteiger partial charge on any atom is -0.445 e. The van der Waals surface area contributed by atoms with Crippen molar-refractivity contribution in [2.24, 2.45) is 0 Å². The van der Waals surface area contributed by atoms with Crippen LogP contribution in [0.5, 0.6) is 0 Å². The average Bonchev–Trinajstić information content (AvgIpc) is 2.49. The van der Waals surface area contributed by atoms with Crippen LogP contribution in [-0.2, 0) is 9.53 Å². The third-order valence-corrected chi connectivity index (χ3v) is 2.80. The molecule has 0 unspecified atom stereocenters. The topological polar surface area (TPSA) is 46.5 Å². The molecule has 2 atom stereocenters. The van der Waals surface area contributed by atoms with Crippen LogP contribution in [0.2, 0.25) is 0 Å². The summed E-state index contributed by atoms with van der Waals surface area (Å²) >= 11 is 0. The first-order valence-electron chi connectivity index (χ1n) is 7.75. The molecule has 0 heterocycles. The number of aliphatic hydroxyl groups is 1. The van der Waals surface area contributed by atoms with Gasteiger partial charge in [-0.3, -0.25) is 4.79 Å². The standard InChI is InChI=1S/C19H26O3/c1-4-6-7-8-9-10-11-15-19(22-17(3)20)16-13-12-14-18(21)5-2/h5,11,15,18-19,21H,2,4,6-10H2,1,3H3/b15-11-/t18-,19+/m0/s1. The van der Waals surface area contributed by atoms with Crippen LogP contribution in [-0.4, -0.2) is 23.3 Å². The molecule has 0 aromatic rings. The summed E-state index contributed by atoms with van der Waals surface area (Å²) in [6.07, 6.45) is 10.7. The highest BCUT2D eigenvalue weighted by Crippen LogP contribution is 2.06. The lowest BCUT2D eigenvalue weighted by atomic mass is 10.1. The Hall–Kier alpha value is -1.97. The maximum Gasteiger partial charge on any atom is 0.304 e. The molecular weight excluding hydrogens is 276 g/mol. The lowest BCUT2D eigenvalue weighted by molar-refractivity contribution is -0.142. The van der Waals surface area contributed by atoms with Crippen LogP contribution in [0.3, 0.4) is 0 Å². The van der Waals surface area contributed by atoms with Gasteiger partial charge in [-0.2, -0.15) is 0 Å². The monoisotopic (exact) mass is 302 g/mol. The van der Waals surface area contributed by atoms with Gasteiger partial charge < -0.3 is 9.84 Å². The van der Waals surface area contributed by atoms with E-state index in [1.54, 1.807) is 6.08 Å². The fraction of sp³-hybridized carbons (Fsp3) is 0.526. The predicted molar refractivity (Wildman–Crippen MR) is 89.8 cm³/mol. The number of carbonyl (C=O) groups excluding carboxylic acids is 1. The molecule has 1 N–H and O–H groups in total. The quantitative estimate of drug-likeness (QED) is 0.307. The first-order chi connectivity index (χ1) is 10.6. The Morgan fingerprint density at radius 3 is 2.55 bits per heavy atom. The predicted octanol–water partition coefficient (Wildman–Crippen LogP) is 3.39. The molecule has 0 amide bonds. The van der Waals surface area contributed by atoms with E-state index in [2.05, 4.69) is 37.2 Å². The Balaban J connectivity index is 4.33. The van der Waals surface area contributed by atoms with E-state index >= 15 is 0 Å². The average molecular weight is 302 g/mol. The van der Waals surface area contributed by atoms with Gasteiger partial charge in [-0.1, -0.05) is 57.3 Å². The highest BCUT2D eigenvalue weighted by atomic mass is 16.5. The molecule has 120 valence electrons. The number of carbonyl (C=O) groups is 1. The van der Waals surface area contributed by atoms with E-state index in [0.717, 1.165) is 12.8 Å². The van der Waals surface area contributed by atoms with Crippen LogP contribution in [0.15, 0.2) is 24.8 Å². The zero-order chi connectivity index (χ0) is 16.6. The SMILES string of the molecule is C=C[C@H](O)C#CC#C[C@@H](/C=C\CCCCCCC)OC(C)=O. The second-order valence-electron chi connectivity index (χ2n) is 4.88. The van der Waals surface area contributed by atoms with Gasteiger partial charge in [-0.15, -0.1) is 0 Å². The van der Waals surface area contributed by atoms with Gasteiger partial charge in [-0.25, -0.2) is 0 Å². The molecule has 0 bridgehead atoms. The van der Waals surface area contributed by atoms with Crippen LogP contribution < -0.4 is 0 Å². The summed E-state index contributed by atoms with van der Waals surface area (Å²) in [5.74, 6) is 9.93. The Bertz CT molecular complexity index is 468. The summed E-state index contributed by atoms with van der Waals surface area (Å²) in [5, 5.41) is 9.17. The number of allylic oxidation sites excluding steroid dienone is 1. The van der Waals surface area contributed by atoms with Gasteiger partial charge in [0.25, 0.3) is 0 Å². The molecular formula is C19H26O3. The summed E-state index contributed by atoms with van der Waals surface area (Å²) < 4.78 is 5.08. The highest BCUT2D eigenvalue weighted by Gasteiger charge is 2.02. The molecule has 0 aliphatic rings. The van der Waals surface area contributed by atoms with E-state index in [0.29, 0.717) is 0 Å².